The van der Waals surface area contributed by atoms with Crippen LogP contribution in [0.3, 0.4) is 0 Å². The second kappa shape index (κ2) is 4.29. The van der Waals surface area contributed by atoms with Crippen molar-refractivity contribution in [1.29, 1.82) is 0 Å². The van der Waals surface area contributed by atoms with Crippen LogP contribution >= 0.6 is 0 Å². The van der Waals surface area contributed by atoms with Crippen molar-refractivity contribution in [3.8, 4) is 0 Å². The van der Waals surface area contributed by atoms with E-state index in [1.807, 2.05) is 6.07 Å². The summed E-state index contributed by atoms with van der Waals surface area (Å²) in [6.45, 7) is 2.33. The SMILES string of the molecule is CC(NC1CC1)c1ccc(CN)c(F)c1. The summed E-state index contributed by atoms with van der Waals surface area (Å²) in [6.07, 6.45) is 2.49. The molecule has 0 aromatic heterocycles. The third-order valence-corrected chi connectivity index (χ3v) is 2.86. The quantitative estimate of drug-likeness (QED) is 0.795. The van der Waals surface area contributed by atoms with Crippen LogP contribution in [0.15, 0.2) is 18.2 Å². The summed E-state index contributed by atoms with van der Waals surface area (Å²) in [5.41, 5.74) is 6.99. The lowest BCUT2D eigenvalue weighted by Gasteiger charge is -2.14. The molecular weight excluding hydrogens is 191 g/mol. The fourth-order valence-electron chi connectivity index (χ4n) is 1.70. The van der Waals surface area contributed by atoms with Gasteiger partial charge in [0.25, 0.3) is 0 Å². The number of benzene rings is 1. The minimum Gasteiger partial charge on any atom is -0.326 e. The molecule has 1 fully saturated rings. The van der Waals surface area contributed by atoms with Gasteiger partial charge in [0.05, 0.1) is 0 Å². The highest BCUT2D eigenvalue weighted by molar-refractivity contribution is 5.26. The van der Waals surface area contributed by atoms with Gasteiger partial charge in [0, 0.05) is 24.2 Å². The Bertz CT molecular complexity index is 347. The molecular formula is C12H17FN2. The van der Waals surface area contributed by atoms with E-state index in [4.69, 9.17) is 5.73 Å². The van der Waals surface area contributed by atoms with Gasteiger partial charge in [-0.1, -0.05) is 12.1 Å². The minimum atomic E-state index is -0.195. The van der Waals surface area contributed by atoms with Crippen molar-refractivity contribution in [2.45, 2.75) is 38.4 Å². The molecule has 0 saturated heterocycles. The van der Waals surface area contributed by atoms with E-state index in [9.17, 15) is 4.39 Å². The molecule has 1 unspecified atom stereocenters. The summed E-state index contributed by atoms with van der Waals surface area (Å²) in [5, 5.41) is 3.44. The van der Waals surface area contributed by atoms with E-state index in [0.29, 0.717) is 11.6 Å². The molecule has 1 aromatic carbocycles. The Morgan fingerprint density at radius 3 is 2.80 bits per heavy atom. The van der Waals surface area contributed by atoms with Crippen LogP contribution in [-0.2, 0) is 6.54 Å². The molecule has 0 radical (unpaired) electrons. The number of nitrogens with two attached hydrogens (primary N) is 1. The van der Waals surface area contributed by atoms with Gasteiger partial charge < -0.3 is 11.1 Å². The molecule has 2 nitrogen and oxygen atoms in total. The molecule has 2 rings (SSSR count). The molecule has 1 atom stereocenters. The van der Waals surface area contributed by atoms with E-state index in [2.05, 4.69) is 12.2 Å². The molecule has 0 spiro atoms. The van der Waals surface area contributed by atoms with Crippen LogP contribution in [0.5, 0.6) is 0 Å². The van der Waals surface area contributed by atoms with Crippen molar-refractivity contribution in [3.63, 3.8) is 0 Å². The fourth-order valence-corrected chi connectivity index (χ4v) is 1.70. The van der Waals surface area contributed by atoms with Crippen LogP contribution in [0.4, 0.5) is 4.39 Å². The highest BCUT2D eigenvalue weighted by Crippen LogP contribution is 2.24. The molecule has 15 heavy (non-hydrogen) atoms. The second-order valence-corrected chi connectivity index (χ2v) is 4.22. The number of hydrogen-bond acceptors (Lipinski definition) is 2. The highest BCUT2D eigenvalue weighted by Gasteiger charge is 2.23. The molecule has 3 N–H and O–H groups in total. The summed E-state index contributed by atoms with van der Waals surface area (Å²) >= 11 is 0. The Morgan fingerprint density at radius 2 is 2.27 bits per heavy atom. The first-order valence-corrected chi connectivity index (χ1v) is 5.45. The van der Waals surface area contributed by atoms with Gasteiger partial charge in [-0.05, 0) is 31.4 Å². The molecule has 0 aliphatic heterocycles. The number of nitrogens with one attached hydrogen (secondary N) is 1. The van der Waals surface area contributed by atoms with Gasteiger partial charge >= 0.3 is 0 Å². The topological polar surface area (TPSA) is 38.0 Å². The van der Waals surface area contributed by atoms with E-state index in [0.717, 1.165) is 5.56 Å². The van der Waals surface area contributed by atoms with Crippen LogP contribution in [0.1, 0.15) is 36.9 Å². The summed E-state index contributed by atoms with van der Waals surface area (Å²) in [7, 11) is 0. The molecule has 1 saturated carbocycles. The van der Waals surface area contributed by atoms with Crippen LogP contribution in [-0.4, -0.2) is 6.04 Å². The van der Waals surface area contributed by atoms with Crippen LogP contribution in [0.2, 0.25) is 0 Å². The zero-order valence-corrected chi connectivity index (χ0v) is 8.96. The van der Waals surface area contributed by atoms with E-state index in [1.54, 1.807) is 12.1 Å². The first-order chi connectivity index (χ1) is 7.20. The van der Waals surface area contributed by atoms with Crippen molar-refractivity contribution in [1.82, 2.24) is 5.32 Å². The smallest absolute Gasteiger partial charge is 0.128 e. The van der Waals surface area contributed by atoms with Gasteiger partial charge in [0.2, 0.25) is 0 Å². The van der Waals surface area contributed by atoms with Crippen LogP contribution in [0.25, 0.3) is 0 Å². The first-order valence-electron chi connectivity index (χ1n) is 5.45. The molecule has 0 amide bonds. The molecule has 82 valence electrons. The Hall–Kier alpha value is -0.930. The average molecular weight is 208 g/mol. The van der Waals surface area contributed by atoms with Crippen molar-refractivity contribution in [2.24, 2.45) is 5.73 Å². The second-order valence-electron chi connectivity index (χ2n) is 4.22. The maximum absolute atomic E-state index is 13.5. The standard InChI is InChI=1S/C12H17FN2/c1-8(15-11-4-5-11)9-2-3-10(7-14)12(13)6-9/h2-3,6,8,11,15H,4-5,7,14H2,1H3. The maximum atomic E-state index is 13.5. The first kappa shape index (κ1) is 10.6. The average Bonchev–Trinajstić information content (AvgIpc) is 3.01. The monoisotopic (exact) mass is 208 g/mol. The molecule has 1 aliphatic carbocycles. The summed E-state index contributed by atoms with van der Waals surface area (Å²) in [5.74, 6) is -0.195. The third-order valence-electron chi connectivity index (χ3n) is 2.86. The Labute approximate surface area is 89.7 Å². The Morgan fingerprint density at radius 1 is 1.53 bits per heavy atom. The van der Waals surface area contributed by atoms with Crippen molar-refractivity contribution >= 4 is 0 Å². The lowest BCUT2D eigenvalue weighted by Crippen LogP contribution is -2.20. The number of hydrogen-bond donors (Lipinski definition) is 2. The predicted molar refractivity (Wildman–Crippen MR) is 58.9 cm³/mol. The summed E-state index contributed by atoms with van der Waals surface area (Å²) in [4.78, 5) is 0. The predicted octanol–water partition coefficient (Wildman–Crippen LogP) is 2.10. The van der Waals surface area contributed by atoms with Gasteiger partial charge in [-0.2, -0.15) is 0 Å². The van der Waals surface area contributed by atoms with Crippen molar-refractivity contribution in [3.05, 3.63) is 35.1 Å². The van der Waals surface area contributed by atoms with Crippen LogP contribution in [0, 0.1) is 5.82 Å². The zero-order valence-electron chi connectivity index (χ0n) is 8.96. The molecule has 0 heterocycles. The van der Waals surface area contributed by atoms with Crippen LogP contribution < -0.4 is 11.1 Å². The Balaban J connectivity index is 2.09. The fraction of sp³-hybridized carbons (Fsp3) is 0.500. The minimum absolute atomic E-state index is 0.195. The van der Waals surface area contributed by atoms with Gasteiger partial charge in [-0.25, -0.2) is 4.39 Å². The van der Waals surface area contributed by atoms with Crippen molar-refractivity contribution < 1.29 is 4.39 Å². The van der Waals surface area contributed by atoms with E-state index < -0.39 is 0 Å². The summed E-state index contributed by atoms with van der Waals surface area (Å²) < 4.78 is 13.5. The number of rotatable bonds is 4. The lowest BCUT2D eigenvalue weighted by atomic mass is 10.1. The van der Waals surface area contributed by atoms with Gasteiger partial charge in [0.1, 0.15) is 5.82 Å². The van der Waals surface area contributed by atoms with Gasteiger partial charge in [-0.3, -0.25) is 0 Å². The van der Waals surface area contributed by atoms with E-state index in [1.165, 1.54) is 12.8 Å². The molecule has 1 aliphatic rings. The van der Waals surface area contributed by atoms with E-state index >= 15 is 0 Å². The molecule has 3 heteroatoms. The van der Waals surface area contributed by atoms with Crippen molar-refractivity contribution in [2.75, 3.05) is 0 Å². The zero-order chi connectivity index (χ0) is 10.8. The third kappa shape index (κ3) is 2.55. The highest BCUT2D eigenvalue weighted by atomic mass is 19.1. The molecule has 1 aromatic rings. The maximum Gasteiger partial charge on any atom is 0.128 e. The largest absolute Gasteiger partial charge is 0.326 e. The van der Waals surface area contributed by atoms with Gasteiger partial charge in [-0.15, -0.1) is 0 Å². The summed E-state index contributed by atoms with van der Waals surface area (Å²) in [6, 6.07) is 6.17. The van der Waals surface area contributed by atoms with E-state index in [-0.39, 0.29) is 18.4 Å². The number of halogens is 1. The molecule has 0 bridgehead atoms. The lowest BCUT2D eigenvalue weighted by molar-refractivity contribution is 0.558. The van der Waals surface area contributed by atoms with Gasteiger partial charge in [0.15, 0.2) is 0 Å². The normalized spacial score (nSPS) is 17.8. The Kier molecular flexibility index (Phi) is 3.03.